The second-order valence-electron chi connectivity index (χ2n) is 9.06. The third kappa shape index (κ3) is 6.50. The average molecular weight is 575 g/mol. The number of anilines is 3. The molecule has 1 aromatic carbocycles. The van der Waals surface area contributed by atoms with E-state index < -0.39 is 16.0 Å². The zero-order chi connectivity index (χ0) is 26.2. The molecular weight excluding hydrogens is 540 g/mol. The van der Waals surface area contributed by atoms with Crippen LogP contribution in [-0.4, -0.2) is 56.0 Å². The van der Waals surface area contributed by atoms with E-state index in [0.29, 0.717) is 22.9 Å². The maximum absolute atomic E-state index is 13.5. The number of nitrogens with zero attached hydrogens (tertiary/aromatic N) is 6. The van der Waals surface area contributed by atoms with Crippen molar-refractivity contribution in [2.75, 3.05) is 17.2 Å². The number of esters is 1. The Morgan fingerprint density at radius 2 is 1.90 bits per heavy atom. The molecule has 0 aliphatic heterocycles. The number of rotatable bonds is 10. The Kier molecular flexibility index (Phi) is 9.22. The first kappa shape index (κ1) is 29.9. The highest BCUT2D eigenvalue weighted by Gasteiger charge is 2.29. The molecule has 39 heavy (non-hydrogen) atoms. The van der Waals surface area contributed by atoms with Crippen LogP contribution in [0.1, 0.15) is 39.7 Å². The molecule has 3 heterocycles. The van der Waals surface area contributed by atoms with Gasteiger partial charge in [0, 0.05) is 12.2 Å². The van der Waals surface area contributed by atoms with Crippen molar-refractivity contribution < 1.29 is 17.9 Å². The third-order valence-electron chi connectivity index (χ3n) is 6.16. The molecule has 210 valence electrons. The van der Waals surface area contributed by atoms with Crippen molar-refractivity contribution in [2.45, 2.75) is 58.5 Å². The Bertz CT molecular complexity index is 1550. The quantitative estimate of drug-likeness (QED) is 0.268. The summed E-state index contributed by atoms with van der Waals surface area (Å²) in [4.78, 5) is 21.0. The zero-order valence-corrected chi connectivity index (χ0v) is 23.1. The predicted molar refractivity (Wildman–Crippen MR) is 154 cm³/mol. The number of hydrogen-bond acceptors (Lipinski definition) is 10. The first-order valence-corrected chi connectivity index (χ1v) is 13.5. The molecule has 1 atom stereocenters. The van der Waals surface area contributed by atoms with Crippen LogP contribution in [0.4, 0.5) is 17.6 Å². The van der Waals surface area contributed by atoms with Gasteiger partial charge in [0.15, 0.2) is 11.5 Å². The smallest absolute Gasteiger partial charge is 0.327 e. The van der Waals surface area contributed by atoms with Crippen LogP contribution in [0.5, 0.6) is 0 Å². The van der Waals surface area contributed by atoms with Gasteiger partial charge in [-0.2, -0.15) is 23.5 Å². The van der Waals surface area contributed by atoms with E-state index >= 15 is 0 Å². The number of carbonyl (C=O) groups is 1. The Morgan fingerprint density at radius 1 is 1.18 bits per heavy atom. The number of nitrogens with one attached hydrogen (secondary N) is 2. The molecule has 1 aliphatic rings. The van der Waals surface area contributed by atoms with E-state index in [4.69, 9.17) is 4.74 Å². The summed E-state index contributed by atoms with van der Waals surface area (Å²) in [5, 5.41) is 14.9. The van der Waals surface area contributed by atoms with Crippen LogP contribution < -0.4 is 10.6 Å². The van der Waals surface area contributed by atoms with Crippen LogP contribution in [0, 0.1) is 12.8 Å². The van der Waals surface area contributed by atoms with Crippen molar-refractivity contribution >= 4 is 58.1 Å². The Morgan fingerprint density at radius 3 is 2.56 bits per heavy atom. The van der Waals surface area contributed by atoms with E-state index in [2.05, 4.69) is 37.8 Å². The summed E-state index contributed by atoms with van der Waals surface area (Å²) in [5.41, 5.74) is 1.18. The van der Waals surface area contributed by atoms with Gasteiger partial charge in [-0.05, 0) is 57.7 Å². The second kappa shape index (κ2) is 12.0. The van der Waals surface area contributed by atoms with Gasteiger partial charge in [0.05, 0.1) is 23.1 Å². The first-order valence-electron chi connectivity index (χ1n) is 12.0. The lowest BCUT2D eigenvalue weighted by Gasteiger charge is -2.15. The van der Waals surface area contributed by atoms with Gasteiger partial charge in [-0.15, -0.1) is 5.10 Å². The van der Waals surface area contributed by atoms with Crippen LogP contribution in [-0.2, 0) is 26.1 Å². The topological polar surface area (TPSA) is 146 Å². The first-order chi connectivity index (χ1) is 17.7. The Labute approximate surface area is 234 Å². The lowest BCUT2D eigenvalue weighted by molar-refractivity contribution is -0.144. The van der Waals surface area contributed by atoms with E-state index in [1.807, 2.05) is 6.92 Å². The van der Waals surface area contributed by atoms with Crippen LogP contribution in [0.2, 0.25) is 0 Å². The maximum Gasteiger partial charge on any atom is 0.327 e. The van der Waals surface area contributed by atoms with E-state index in [-0.39, 0.29) is 56.6 Å². The van der Waals surface area contributed by atoms with Crippen molar-refractivity contribution in [1.82, 2.24) is 28.9 Å². The molecule has 0 amide bonds. The summed E-state index contributed by atoms with van der Waals surface area (Å²) < 4.78 is 34.4. The summed E-state index contributed by atoms with van der Waals surface area (Å²) >= 11 is 0. The number of benzene rings is 1. The molecule has 14 heteroatoms. The number of aromatic nitrogens is 6. The van der Waals surface area contributed by atoms with E-state index in [1.165, 1.54) is 17.1 Å². The molecule has 3 aromatic heterocycles. The number of aryl methyl sites for hydroxylation is 1. The molecule has 12 nitrogen and oxygen atoms in total. The van der Waals surface area contributed by atoms with E-state index in [1.54, 1.807) is 37.3 Å². The maximum atomic E-state index is 13.5. The summed E-state index contributed by atoms with van der Waals surface area (Å²) in [5.74, 6) is 1.06. The van der Waals surface area contributed by atoms with Crippen molar-refractivity contribution in [3.8, 4) is 0 Å². The lowest BCUT2D eigenvalue weighted by Crippen LogP contribution is -2.19. The van der Waals surface area contributed by atoms with Crippen LogP contribution in [0.3, 0.4) is 0 Å². The molecule has 0 saturated heterocycles. The molecule has 1 saturated carbocycles. The summed E-state index contributed by atoms with van der Waals surface area (Å²) in [6.07, 6.45) is 5.28. The van der Waals surface area contributed by atoms with Gasteiger partial charge in [0.2, 0.25) is 5.95 Å². The number of carbonyl (C=O) groups excluding carboxylic acids is 1. The van der Waals surface area contributed by atoms with Gasteiger partial charge in [-0.1, -0.05) is 30.3 Å². The van der Waals surface area contributed by atoms with Crippen LogP contribution in [0.25, 0.3) is 11.0 Å². The average Bonchev–Trinajstić information content (AvgIpc) is 3.48. The second-order valence-corrected chi connectivity index (χ2v) is 10.9. The monoisotopic (exact) mass is 574 g/mol. The molecule has 1 fully saturated rings. The SMILES string of the molecule is C.CCOC(=O)Cn1cc(Nc2nc(N[C@@H](C)C3CC3)c3ccn(S(=O)(=O)c4ccc(C)cc4)c3n2)nn1.S. The highest BCUT2D eigenvalue weighted by atomic mass is 32.2. The fraction of sp³-hybridized carbons (Fsp3) is 0.400. The molecule has 1 aliphatic carbocycles. The molecular formula is C25H34N8O4S2. The number of ether oxygens (including phenoxy) is 1. The van der Waals surface area contributed by atoms with E-state index in [9.17, 15) is 13.2 Å². The van der Waals surface area contributed by atoms with Gasteiger partial charge in [-0.25, -0.2) is 17.1 Å². The lowest BCUT2D eigenvalue weighted by atomic mass is 10.2. The molecule has 0 spiro atoms. The van der Waals surface area contributed by atoms with Gasteiger partial charge in [0.1, 0.15) is 12.4 Å². The number of fused-ring (bicyclic) bond motifs is 1. The molecule has 0 bridgehead atoms. The fourth-order valence-corrected chi connectivity index (χ4v) is 5.29. The van der Waals surface area contributed by atoms with Gasteiger partial charge < -0.3 is 15.4 Å². The highest BCUT2D eigenvalue weighted by molar-refractivity contribution is 7.90. The van der Waals surface area contributed by atoms with Gasteiger partial charge >= 0.3 is 5.97 Å². The van der Waals surface area contributed by atoms with Crippen LogP contribution in [0.15, 0.2) is 47.6 Å². The zero-order valence-electron chi connectivity index (χ0n) is 21.2. The highest BCUT2D eigenvalue weighted by Crippen LogP contribution is 2.35. The molecule has 0 unspecified atom stereocenters. The minimum atomic E-state index is -3.91. The van der Waals surface area contributed by atoms with Crippen molar-refractivity contribution in [1.29, 1.82) is 0 Å². The molecule has 5 rings (SSSR count). The van der Waals surface area contributed by atoms with Gasteiger partial charge in [-0.3, -0.25) is 4.79 Å². The minimum Gasteiger partial charge on any atom is -0.465 e. The summed E-state index contributed by atoms with van der Waals surface area (Å²) in [6, 6.07) is 8.52. The van der Waals surface area contributed by atoms with Crippen molar-refractivity contribution in [2.24, 2.45) is 5.92 Å². The van der Waals surface area contributed by atoms with Crippen molar-refractivity contribution in [3.05, 3.63) is 48.3 Å². The Hall–Kier alpha value is -3.65. The number of hydrogen-bond donors (Lipinski definition) is 2. The van der Waals surface area contributed by atoms with Gasteiger partial charge in [0.25, 0.3) is 10.0 Å². The fourth-order valence-electron chi connectivity index (χ4n) is 3.99. The largest absolute Gasteiger partial charge is 0.465 e. The normalized spacial score (nSPS) is 13.7. The summed E-state index contributed by atoms with van der Waals surface area (Å²) in [6.45, 7) is 5.89. The predicted octanol–water partition coefficient (Wildman–Crippen LogP) is 3.83. The Balaban J connectivity index is 0.00000210. The molecule has 4 aromatic rings. The molecule has 2 N–H and O–H groups in total. The standard InChI is InChI=1S/C24H28N8O4S.CH4.H2S/c1-4-36-21(33)14-31-13-20(29-30-31)26-24-27-22(25-16(3)17-7-8-17)19-11-12-32(23(19)28-24)37(34,35)18-9-5-15(2)6-10-18;;/h5-6,9-13,16-17H,4,7-8,14H2,1-3H3,(H2,25,26,27,28);1H4;1H2/t16-;;/m0../s1. The van der Waals surface area contributed by atoms with Crippen LogP contribution >= 0.6 is 13.5 Å². The minimum absolute atomic E-state index is 0. The van der Waals surface area contributed by atoms with E-state index in [0.717, 1.165) is 22.4 Å². The summed E-state index contributed by atoms with van der Waals surface area (Å²) in [7, 11) is -3.91. The third-order valence-corrected chi connectivity index (χ3v) is 7.84. The van der Waals surface area contributed by atoms with Crippen molar-refractivity contribution in [3.63, 3.8) is 0 Å². The molecule has 0 radical (unpaired) electrons.